The highest BCUT2D eigenvalue weighted by atomic mass is 16.5. The molecule has 2 heterocycles. The molecule has 0 aliphatic carbocycles. The highest BCUT2D eigenvalue weighted by Crippen LogP contribution is 2.12. The molecule has 2 rings (SSSR count). The Hall–Kier alpha value is -0.690. The first kappa shape index (κ1) is 18.6. The highest BCUT2D eigenvalue weighted by Gasteiger charge is 2.27. The molecule has 1 amide bonds. The fourth-order valence-corrected chi connectivity index (χ4v) is 3.30. The van der Waals surface area contributed by atoms with Crippen LogP contribution in [0.4, 0.5) is 0 Å². The summed E-state index contributed by atoms with van der Waals surface area (Å²) in [6.07, 6.45) is 1.65. The van der Waals surface area contributed by atoms with Crippen molar-refractivity contribution in [3.05, 3.63) is 0 Å². The van der Waals surface area contributed by atoms with Gasteiger partial charge in [0.25, 0.3) is 0 Å². The standard InChI is InChI=1S/C17H34N4O2/c1-14(2)21-10-11-23-16(13-21)12-19-6-8-20(9-7-19)17(22)5-4-15(3)18/h14-16H,4-13,18H2,1-3H3. The average Bonchev–Trinajstić information content (AvgIpc) is 2.53. The molecule has 2 saturated heterocycles. The summed E-state index contributed by atoms with van der Waals surface area (Å²) in [6, 6.07) is 0.688. The van der Waals surface area contributed by atoms with Crippen LogP contribution in [0.3, 0.4) is 0 Å². The number of hydrogen-bond acceptors (Lipinski definition) is 5. The number of carbonyl (C=O) groups excluding carboxylic acids is 1. The second-order valence-electron chi connectivity index (χ2n) is 7.28. The monoisotopic (exact) mass is 326 g/mol. The molecule has 0 spiro atoms. The highest BCUT2D eigenvalue weighted by molar-refractivity contribution is 5.76. The number of carbonyl (C=O) groups is 1. The summed E-state index contributed by atoms with van der Waals surface area (Å²) in [5.74, 6) is 0.252. The first-order valence-corrected chi connectivity index (χ1v) is 9.07. The van der Waals surface area contributed by atoms with E-state index in [0.29, 0.717) is 18.6 Å². The van der Waals surface area contributed by atoms with Crippen molar-refractivity contribution in [2.24, 2.45) is 5.73 Å². The number of morpholine rings is 1. The smallest absolute Gasteiger partial charge is 0.222 e. The first-order valence-electron chi connectivity index (χ1n) is 9.07. The third kappa shape index (κ3) is 6.03. The van der Waals surface area contributed by atoms with Gasteiger partial charge in [-0.3, -0.25) is 14.6 Å². The molecule has 0 aromatic carbocycles. The Morgan fingerprint density at radius 3 is 2.48 bits per heavy atom. The second-order valence-corrected chi connectivity index (χ2v) is 7.28. The minimum atomic E-state index is 0.104. The summed E-state index contributed by atoms with van der Waals surface area (Å²) in [5, 5.41) is 0. The molecule has 134 valence electrons. The molecular weight excluding hydrogens is 292 g/mol. The van der Waals surface area contributed by atoms with Crippen LogP contribution in [-0.2, 0) is 9.53 Å². The molecule has 2 fully saturated rings. The minimum absolute atomic E-state index is 0.104. The van der Waals surface area contributed by atoms with Gasteiger partial charge in [-0.25, -0.2) is 0 Å². The van der Waals surface area contributed by atoms with E-state index >= 15 is 0 Å². The molecule has 2 aliphatic rings. The first-order chi connectivity index (χ1) is 11.0. The van der Waals surface area contributed by atoms with Crippen LogP contribution in [-0.4, -0.2) is 91.2 Å². The van der Waals surface area contributed by atoms with Crippen molar-refractivity contribution in [3.63, 3.8) is 0 Å². The average molecular weight is 326 g/mol. The minimum Gasteiger partial charge on any atom is -0.374 e. The molecule has 6 heteroatoms. The maximum atomic E-state index is 12.1. The molecule has 0 saturated carbocycles. The Kier molecular flexibility index (Phi) is 7.27. The summed E-state index contributed by atoms with van der Waals surface area (Å²) in [5.41, 5.74) is 5.73. The van der Waals surface area contributed by atoms with Crippen LogP contribution in [0.15, 0.2) is 0 Å². The normalized spacial score (nSPS) is 25.8. The van der Waals surface area contributed by atoms with E-state index in [1.807, 2.05) is 11.8 Å². The van der Waals surface area contributed by atoms with Crippen molar-refractivity contribution in [1.29, 1.82) is 0 Å². The quantitative estimate of drug-likeness (QED) is 0.764. The number of nitrogens with zero attached hydrogens (tertiary/aromatic N) is 3. The van der Waals surface area contributed by atoms with Gasteiger partial charge in [-0.2, -0.15) is 0 Å². The zero-order valence-corrected chi connectivity index (χ0v) is 15.0. The van der Waals surface area contributed by atoms with Gasteiger partial charge < -0.3 is 15.4 Å². The fraction of sp³-hybridized carbons (Fsp3) is 0.941. The van der Waals surface area contributed by atoms with Gasteiger partial charge in [0.15, 0.2) is 0 Å². The van der Waals surface area contributed by atoms with Crippen LogP contribution < -0.4 is 5.73 Å². The SMILES string of the molecule is CC(N)CCC(=O)N1CCN(CC2CN(C(C)C)CCO2)CC1. The Bertz CT molecular complexity index is 368. The molecule has 0 bridgehead atoms. The largest absolute Gasteiger partial charge is 0.374 e. The zero-order valence-electron chi connectivity index (χ0n) is 15.0. The lowest BCUT2D eigenvalue weighted by molar-refractivity contribution is -0.133. The number of piperazine rings is 1. The summed E-state index contributed by atoms with van der Waals surface area (Å²) in [7, 11) is 0. The van der Waals surface area contributed by atoms with Gasteiger partial charge >= 0.3 is 0 Å². The maximum Gasteiger partial charge on any atom is 0.222 e. The second kappa shape index (κ2) is 8.97. The number of ether oxygens (including phenoxy) is 1. The van der Waals surface area contributed by atoms with Crippen LogP contribution in [0.2, 0.25) is 0 Å². The van der Waals surface area contributed by atoms with Crippen molar-refractivity contribution < 1.29 is 9.53 Å². The lowest BCUT2D eigenvalue weighted by Crippen LogP contribution is -2.54. The summed E-state index contributed by atoms with van der Waals surface area (Å²) in [4.78, 5) is 19.0. The lowest BCUT2D eigenvalue weighted by Gasteiger charge is -2.40. The van der Waals surface area contributed by atoms with Gasteiger partial charge in [0.1, 0.15) is 0 Å². The molecule has 0 radical (unpaired) electrons. The van der Waals surface area contributed by atoms with E-state index in [9.17, 15) is 4.79 Å². The van der Waals surface area contributed by atoms with E-state index < -0.39 is 0 Å². The predicted octanol–water partition coefficient (Wildman–Crippen LogP) is 0.367. The maximum absolute atomic E-state index is 12.1. The van der Waals surface area contributed by atoms with Crippen molar-refractivity contribution in [2.45, 2.75) is 51.8 Å². The summed E-state index contributed by atoms with van der Waals surface area (Å²) >= 11 is 0. The molecular formula is C17H34N4O2. The summed E-state index contributed by atoms with van der Waals surface area (Å²) < 4.78 is 5.92. The molecule has 2 N–H and O–H groups in total. The van der Waals surface area contributed by atoms with Crippen LogP contribution in [0.25, 0.3) is 0 Å². The van der Waals surface area contributed by atoms with E-state index in [0.717, 1.165) is 58.8 Å². The van der Waals surface area contributed by atoms with Crippen molar-refractivity contribution >= 4 is 5.91 Å². The van der Waals surface area contributed by atoms with Crippen molar-refractivity contribution in [3.8, 4) is 0 Å². The molecule has 2 unspecified atom stereocenters. The van der Waals surface area contributed by atoms with Gasteiger partial charge in [-0.15, -0.1) is 0 Å². The van der Waals surface area contributed by atoms with Gasteiger partial charge in [0.05, 0.1) is 12.7 Å². The van der Waals surface area contributed by atoms with E-state index in [2.05, 4.69) is 23.6 Å². The molecule has 0 aromatic rings. The lowest BCUT2D eigenvalue weighted by atomic mass is 10.1. The van der Waals surface area contributed by atoms with Crippen molar-refractivity contribution in [2.75, 3.05) is 52.4 Å². The van der Waals surface area contributed by atoms with Crippen molar-refractivity contribution in [1.82, 2.24) is 14.7 Å². The summed E-state index contributed by atoms with van der Waals surface area (Å²) in [6.45, 7) is 13.9. The Morgan fingerprint density at radius 2 is 1.87 bits per heavy atom. The van der Waals surface area contributed by atoms with Gasteiger partial charge in [-0.05, 0) is 27.2 Å². The molecule has 0 aromatic heterocycles. The van der Waals surface area contributed by atoms with Crippen LogP contribution in [0.1, 0.15) is 33.6 Å². The topological polar surface area (TPSA) is 62.0 Å². The Labute approximate surface area is 140 Å². The van der Waals surface area contributed by atoms with Crippen LogP contribution in [0.5, 0.6) is 0 Å². The fourth-order valence-electron chi connectivity index (χ4n) is 3.30. The van der Waals surface area contributed by atoms with E-state index in [1.165, 1.54) is 0 Å². The molecule has 2 aliphatic heterocycles. The Morgan fingerprint density at radius 1 is 1.17 bits per heavy atom. The molecule has 2 atom stereocenters. The number of rotatable bonds is 6. The zero-order chi connectivity index (χ0) is 16.8. The van der Waals surface area contributed by atoms with Gasteiger partial charge in [0, 0.05) is 64.3 Å². The van der Waals surface area contributed by atoms with Gasteiger partial charge in [0.2, 0.25) is 5.91 Å². The van der Waals surface area contributed by atoms with Crippen LogP contribution >= 0.6 is 0 Å². The third-order valence-corrected chi connectivity index (χ3v) is 4.90. The third-order valence-electron chi connectivity index (χ3n) is 4.90. The molecule has 23 heavy (non-hydrogen) atoms. The van der Waals surface area contributed by atoms with Gasteiger partial charge in [-0.1, -0.05) is 0 Å². The van der Waals surface area contributed by atoms with E-state index in [1.54, 1.807) is 0 Å². The number of hydrogen-bond donors (Lipinski definition) is 1. The van der Waals surface area contributed by atoms with Crippen LogP contribution in [0, 0.1) is 0 Å². The Balaban J connectivity index is 1.69. The number of nitrogens with two attached hydrogens (primary N) is 1. The predicted molar refractivity (Wildman–Crippen MR) is 92.4 cm³/mol. The number of amides is 1. The molecule has 6 nitrogen and oxygen atoms in total. The van der Waals surface area contributed by atoms with E-state index in [4.69, 9.17) is 10.5 Å². The van der Waals surface area contributed by atoms with E-state index in [-0.39, 0.29) is 11.9 Å².